The summed E-state index contributed by atoms with van der Waals surface area (Å²) in [4.78, 5) is 13.8. The van der Waals surface area contributed by atoms with Gasteiger partial charge in [-0.3, -0.25) is 4.79 Å². The Labute approximate surface area is 81.7 Å². The predicted molar refractivity (Wildman–Crippen MR) is 43.7 cm³/mol. The molecule has 0 radical (unpaired) electrons. The molecule has 2 N–H and O–H groups in total. The van der Waals surface area contributed by atoms with Crippen molar-refractivity contribution in [2.45, 2.75) is 6.43 Å². The fourth-order valence-electron chi connectivity index (χ4n) is 0.938. The number of anilines is 1. The van der Waals surface area contributed by atoms with Gasteiger partial charge in [0.05, 0.1) is 17.3 Å². The van der Waals surface area contributed by atoms with Crippen LogP contribution in [0.1, 0.15) is 22.3 Å². The van der Waals surface area contributed by atoms with Crippen molar-refractivity contribution < 1.29 is 18.0 Å². The first-order valence-corrected chi connectivity index (χ1v) is 3.74. The zero-order valence-electron chi connectivity index (χ0n) is 6.60. The van der Waals surface area contributed by atoms with Crippen molar-refractivity contribution in [3.05, 3.63) is 23.1 Å². The monoisotopic (exact) mass is 224 g/mol. The lowest BCUT2D eigenvalue weighted by molar-refractivity contribution is 0.106. The number of carbonyl (C=O) groups is 1. The number of aromatic nitrogens is 1. The van der Waals surface area contributed by atoms with Gasteiger partial charge in [-0.1, -0.05) is 0 Å². The minimum absolute atomic E-state index is 0.566. The van der Waals surface area contributed by atoms with E-state index in [1.807, 2.05) is 0 Å². The molecule has 0 saturated carbocycles. The Kier molecular flexibility index (Phi) is 2.95. The topological polar surface area (TPSA) is 56.0 Å². The number of halogens is 4. The molecule has 14 heavy (non-hydrogen) atoms. The molecule has 3 nitrogen and oxygen atoms in total. The van der Waals surface area contributed by atoms with E-state index in [1.54, 1.807) is 0 Å². The van der Waals surface area contributed by atoms with Gasteiger partial charge in [0.2, 0.25) is 0 Å². The number of carbonyl (C=O) groups excluding carboxylic acids is 1. The van der Waals surface area contributed by atoms with E-state index >= 15 is 0 Å². The molecule has 0 spiro atoms. The third kappa shape index (κ3) is 1.79. The lowest BCUT2D eigenvalue weighted by atomic mass is 10.1. The van der Waals surface area contributed by atoms with Crippen LogP contribution in [0.4, 0.5) is 19.0 Å². The first-order chi connectivity index (χ1) is 6.45. The molecule has 0 saturated heterocycles. The molecule has 0 aromatic carbocycles. The van der Waals surface area contributed by atoms with Crippen LogP contribution in [-0.2, 0) is 0 Å². The van der Waals surface area contributed by atoms with Crippen molar-refractivity contribution in [2.75, 3.05) is 5.73 Å². The SMILES string of the molecule is Nc1ncc(F)c(C(=O)Cl)c1C(F)F. The maximum Gasteiger partial charge on any atom is 0.268 e. The van der Waals surface area contributed by atoms with E-state index in [1.165, 1.54) is 0 Å². The standard InChI is InChI=1S/C7H4ClF3N2O/c8-5(14)3-2(9)1-13-7(12)4(3)6(10)11/h1,6H,(H2,12,13). The quantitative estimate of drug-likeness (QED) is 0.783. The third-order valence-electron chi connectivity index (χ3n) is 1.52. The lowest BCUT2D eigenvalue weighted by Gasteiger charge is -2.07. The van der Waals surface area contributed by atoms with Crippen LogP contribution in [0.15, 0.2) is 6.20 Å². The Bertz CT molecular complexity index is 383. The van der Waals surface area contributed by atoms with Crippen LogP contribution in [0.25, 0.3) is 0 Å². The second-order valence-corrected chi connectivity index (χ2v) is 2.70. The van der Waals surface area contributed by atoms with E-state index in [9.17, 15) is 18.0 Å². The molecular formula is C7H4ClF3N2O. The first-order valence-electron chi connectivity index (χ1n) is 3.37. The van der Waals surface area contributed by atoms with Crippen molar-refractivity contribution in [2.24, 2.45) is 0 Å². The average molecular weight is 225 g/mol. The molecule has 0 amide bonds. The average Bonchev–Trinajstić information content (AvgIpc) is 2.07. The van der Waals surface area contributed by atoms with E-state index < -0.39 is 34.4 Å². The molecule has 0 aliphatic heterocycles. The molecule has 1 aromatic rings. The summed E-state index contributed by atoms with van der Waals surface area (Å²) in [6.07, 6.45) is -2.53. The van der Waals surface area contributed by atoms with Crippen molar-refractivity contribution in [1.82, 2.24) is 4.98 Å². The van der Waals surface area contributed by atoms with Crippen molar-refractivity contribution >= 4 is 22.7 Å². The van der Waals surface area contributed by atoms with E-state index in [2.05, 4.69) is 4.98 Å². The number of hydrogen-bond acceptors (Lipinski definition) is 3. The molecule has 0 bridgehead atoms. The summed E-state index contributed by atoms with van der Waals surface area (Å²) in [5.74, 6) is -1.82. The third-order valence-corrected chi connectivity index (χ3v) is 1.70. The smallest absolute Gasteiger partial charge is 0.268 e. The number of nitrogen functional groups attached to an aromatic ring is 1. The molecule has 0 fully saturated rings. The first kappa shape index (κ1) is 10.8. The zero-order valence-corrected chi connectivity index (χ0v) is 7.36. The van der Waals surface area contributed by atoms with Gasteiger partial charge in [-0.15, -0.1) is 0 Å². The van der Waals surface area contributed by atoms with Gasteiger partial charge in [-0.25, -0.2) is 18.2 Å². The second-order valence-electron chi connectivity index (χ2n) is 2.35. The van der Waals surface area contributed by atoms with Crippen molar-refractivity contribution in [3.8, 4) is 0 Å². The van der Waals surface area contributed by atoms with E-state index in [-0.39, 0.29) is 0 Å². The van der Waals surface area contributed by atoms with Gasteiger partial charge in [0.15, 0.2) is 5.82 Å². The molecular weight excluding hydrogens is 221 g/mol. The highest BCUT2D eigenvalue weighted by Gasteiger charge is 2.24. The molecule has 1 rings (SSSR count). The predicted octanol–water partition coefficient (Wildman–Crippen LogP) is 2.12. The summed E-state index contributed by atoms with van der Waals surface area (Å²) in [7, 11) is 0. The normalized spacial score (nSPS) is 10.6. The molecule has 0 atom stereocenters. The van der Waals surface area contributed by atoms with E-state index in [4.69, 9.17) is 17.3 Å². The Balaban J connectivity index is 3.50. The molecule has 0 aliphatic rings. The van der Waals surface area contributed by atoms with Gasteiger partial charge in [-0.05, 0) is 11.6 Å². The summed E-state index contributed by atoms with van der Waals surface area (Å²) in [5, 5.41) is -1.33. The van der Waals surface area contributed by atoms with Crippen LogP contribution in [-0.4, -0.2) is 10.2 Å². The van der Waals surface area contributed by atoms with Crippen LogP contribution in [0.3, 0.4) is 0 Å². The summed E-state index contributed by atoms with van der Waals surface area (Å²) in [5.41, 5.74) is 3.17. The zero-order chi connectivity index (χ0) is 10.9. The summed E-state index contributed by atoms with van der Waals surface area (Å²) >= 11 is 4.93. The highest BCUT2D eigenvalue weighted by Crippen LogP contribution is 2.29. The molecule has 0 unspecified atom stereocenters. The number of hydrogen-bond donors (Lipinski definition) is 1. The lowest BCUT2D eigenvalue weighted by Crippen LogP contribution is -2.08. The van der Waals surface area contributed by atoms with Gasteiger partial charge in [0, 0.05) is 0 Å². The van der Waals surface area contributed by atoms with Crippen LogP contribution in [0.5, 0.6) is 0 Å². The minimum atomic E-state index is -3.10. The van der Waals surface area contributed by atoms with E-state index in [0.29, 0.717) is 6.20 Å². The number of nitrogens with zero attached hydrogens (tertiary/aromatic N) is 1. The van der Waals surface area contributed by atoms with Gasteiger partial charge < -0.3 is 5.73 Å². The molecule has 1 heterocycles. The largest absolute Gasteiger partial charge is 0.383 e. The Morgan fingerprint density at radius 2 is 2.14 bits per heavy atom. The number of pyridine rings is 1. The summed E-state index contributed by atoms with van der Waals surface area (Å²) in [6, 6.07) is 0. The molecule has 0 aliphatic carbocycles. The van der Waals surface area contributed by atoms with Crippen LogP contribution >= 0.6 is 11.6 Å². The fraction of sp³-hybridized carbons (Fsp3) is 0.143. The second kappa shape index (κ2) is 3.83. The van der Waals surface area contributed by atoms with Gasteiger partial charge >= 0.3 is 0 Å². The summed E-state index contributed by atoms with van der Waals surface area (Å²) in [6.45, 7) is 0. The van der Waals surface area contributed by atoms with Crippen LogP contribution in [0, 0.1) is 5.82 Å². The van der Waals surface area contributed by atoms with Gasteiger partial charge in [0.1, 0.15) is 5.82 Å². The van der Waals surface area contributed by atoms with Crippen LogP contribution < -0.4 is 5.73 Å². The Morgan fingerprint density at radius 1 is 1.57 bits per heavy atom. The number of nitrogens with two attached hydrogens (primary N) is 1. The minimum Gasteiger partial charge on any atom is -0.383 e. The van der Waals surface area contributed by atoms with Crippen LogP contribution in [0.2, 0.25) is 0 Å². The van der Waals surface area contributed by atoms with Crippen molar-refractivity contribution in [1.29, 1.82) is 0 Å². The molecule has 76 valence electrons. The fourth-order valence-corrected chi connectivity index (χ4v) is 1.13. The van der Waals surface area contributed by atoms with E-state index in [0.717, 1.165) is 0 Å². The maximum absolute atomic E-state index is 12.9. The summed E-state index contributed by atoms with van der Waals surface area (Å²) < 4.78 is 37.5. The van der Waals surface area contributed by atoms with Gasteiger partial charge in [-0.2, -0.15) is 0 Å². The highest BCUT2D eigenvalue weighted by atomic mass is 35.5. The Morgan fingerprint density at radius 3 is 2.50 bits per heavy atom. The van der Waals surface area contributed by atoms with Gasteiger partial charge in [0.25, 0.3) is 11.7 Å². The Hall–Kier alpha value is -1.30. The molecule has 7 heteroatoms. The van der Waals surface area contributed by atoms with Crippen molar-refractivity contribution in [3.63, 3.8) is 0 Å². The highest BCUT2D eigenvalue weighted by molar-refractivity contribution is 6.68. The number of rotatable bonds is 2. The maximum atomic E-state index is 12.9. The molecule has 1 aromatic heterocycles. The number of alkyl halides is 2.